The lowest BCUT2D eigenvalue weighted by atomic mass is 9.99. The fraction of sp³-hybridized carbons (Fsp3) is 0.500. The summed E-state index contributed by atoms with van der Waals surface area (Å²) in [6, 6.07) is 4.07. The van der Waals surface area contributed by atoms with Gasteiger partial charge in [-0.15, -0.1) is 0 Å². The third kappa shape index (κ3) is 1.62. The minimum absolute atomic E-state index is 0.107. The van der Waals surface area contributed by atoms with Gasteiger partial charge in [0.05, 0.1) is 6.61 Å². The topological polar surface area (TPSA) is 35.2 Å². The second-order valence-electron chi connectivity index (χ2n) is 4.44. The lowest BCUT2D eigenvalue weighted by molar-refractivity contribution is 0.350. The van der Waals surface area contributed by atoms with E-state index in [1.165, 1.54) is 18.4 Å². The van der Waals surface area contributed by atoms with E-state index in [0.29, 0.717) is 5.92 Å². The summed E-state index contributed by atoms with van der Waals surface area (Å²) in [5, 5.41) is 0.783. The summed E-state index contributed by atoms with van der Waals surface area (Å²) in [6.07, 6.45) is 3.44. The number of halogens is 1. The maximum Gasteiger partial charge on any atom is 0.127 e. The summed E-state index contributed by atoms with van der Waals surface area (Å²) in [5.41, 5.74) is 8.53. The number of hydrogen-bond donors (Lipinski definition) is 1. The molecule has 0 bridgehead atoms. The van der Waals surface area contributed by atoms with Crippen LogP contribution in [0.1, 0.15) is 30.0 Å². The van der Waals surface area contributed by atoms with Gasteiger partial charge in [-0.25, -0.2) is 0 Å². The van der Waals surface area contributed by atoms with E-state index in [2.05, 4.69) is 0 Å². The van der Waals surface area contributed by atoms with Crippen molar-refractivity contribution in [2.45, 2.75) is 25.3 Å². The first kappa shape index (κ1) is 9.49. The molecule has 0 saturated heterocycles. The van der Waals surface area contributed by atoms with Crippen LogP contribution in [-0.2, 0) is 6.42 Å². The molecule has 3 heteroatoms. The predicted octanol–water partition coefficient (Wildman–Crippen LogP) is 2.68. The smallest absolute Gasteiger partial charge is 0.127 e. The molecular weight excluding hydrogens is 210 g/mol. The highest BCUT2D eigenvalue weighted by atomic mass is 35.5. The Kier molecular flexibility index (Phi) is 2.15. The van der Waals surface area contributed by atoms with Crippen LogP contribution < -0.4 is 10.5 Å². The van der Waals surface area contributed by atoms with Crippen LogP contribution in [0.3, 0.4) is 0 Å². The van der Waals surface area contributed by atoms with Crippen molar-refractivity contribution < 1.29 is 4.74 Å². The van der Waals surface area contributed by atoms with E-state index in [1.807, 2.05) is 12.1 Å². The van der Waals surface area contributed by atoms with Crippen LogP contribution in [0.5, 0.6) is 5.75 Å². The fourth-order valence-corrected chi connectivity index (χ4v) is 2.50. The summed E-state index contributed by atoms with van der Waals surface area (Å²) in [7, 11) is 0. The summed E-state index contributed by atoms with van der Waals surface area (Å²) >= 11 is 6.09. The van der Waals surface area contributed by atoms with Crippen LogP contribution >= 0.6 is 11.6 Å². The molecule has 2 aliphatic rings. The van der Waals surface area contributed by atoms with E-state index >= 15 is 0 Å². The molecule has 80 valence electrons. The number of ether oxygens (including phenoxy) is 1. The molecule has 1 aliphatic heterocycles. The molecule has 15 heavy (non-hydrogen) atoms. The van der Waals surface area contributed by atoms with Crippen molar-refractivity contribution in [1.29, 1.82) is 0 Å². The van der Waals surface area contributed by atoms with Crippen molar-refractivity contribution in [1.82, 2.24) is 0 Å². The van der Waals surface area contributed by atoms with Crippen molar-refractivity contribution in [3.63, 3.8) is 0 Å². The molecule has 2 nitrogen and oxygen atoms in total. The zero-order valence-corrected chi connectivity index (χ0v) is 9.26. The lowest BCUT2D eigenvalue weighted by Crippen LogP contribution is -2.13. The van der Waals surface area contributed by atoms with E-state index in [1.54, 1.807) is 0 Å². The third-order valence-corrected chi connectivity index (χ3v) is 3.48. The monoisotopic (exact) mass is 223 g/mol. The second kappa shape index (κ2) is 3.39. The summed E-state index contributed by atoms with van der Waals surface area (Å²) < 4.78 is 5.65. The Labute approximate surface area is 94.4 Å². The minimum atomic E-state index is 0.107. The molecule has 1 heterocycles. The van der Waals surface area contributed by atoms with E-state index in [-0.39, 0.29) is 6.04 Å². The number of benzene rings is 1. The summed E-state index contributed by atoms with van der Waals surface area (Å²) in [6.45, 7) is 0.764. The molecule has 1 fully saturated rings. The molecule has 0 spiro atoms. The first-order chi connectivity index (χ1) is 7.25. The zero-order chi connectivity index (χ0) is 10.4. The second-order valence-corrected chi connectivity index (χ2v) is 4.88. The number of fused-ring (bicyclic) bond motifs is 1. The van der Waals surface area contributed by atoms with Crippen molar-refractivity contribution in [3.8, 4) is 5.75 Å². The molecule has 1 atom stereocenters. The molecule has 1 aromatic rings. The van der Waals surface area contributed by atoms with Gasteiger partial charge < -0.3 is 10.5 Å². The molecule has 0 radical (unpaired) electrons. The Hall–Kier alpha value is -0.730. The normalized spacial score (nSPS) is 20.9. The molecule has 0 amide bonds. The van der Waals surface area contributed by atoms with Crippen molar-refractivity contribution in [2.24, 2.45) is 11.7 Å². The molecule has 2 N–H and O–H groups in total. The Balaban J connectivity index is 2.05. The van der Waals surface area contributed by atoms with Gasteiger partial charge in [0.1, 0.15) is 5.75 Å². The van der Waals surface area contributed by atoms with Crippen molar-refractivity contribution in [2.75, 3.05) is 6.61 Å². The third-order valence-electron chi connectivity index (χ3n) is 3.27. The van der Waals surface area contributed by atoms with Crippen molar-refractivity contribution >= 4 is 11.6 Å². The molecule has 0 aromatic heterocycles. The van der Waals surface area contributed by atoms with Crippen LogP contribution in [0.4, 0.5) is 0 Å². The van der Waals surface area contributed by atoms with Gasteiger partial charge in [-0.1, -0.05) is 11.6 Å². The highest BCUT2D eigenvalue weighted by Crippen LogP contribution is 2.45. The van der Waals surface area contributed by atoms with E-state index in [9.17, 15) is 0 Å². The largest absolute Gasteiger partial charge is 0.493 e. The Morgan fingerprint density at radius 3 is 2.93 bits per heavy atom. The lowest BCUT2D eigenvalue weighted by Gasteiger charge is -2.15. The van der Waals surface area contributed by atoms with Crippen LogP contribution in [-0.4, -0.2) is 6.61 Å². The Morgan fingerprint density at radius 2 is 2.20 bits per heavy atom. The maximum atomic E-state index is 6.20. The number of hydrogen-bond acceptors (Lipinski definition) is 2. The van der Waals surface area contributed by atoms with Crippen LogP contribution in [0, 0.1) is 5.92 Å². The van der Waals surface area contributed by atoms with Gasteiger partial charge in [0.2, 0.25) is 0 Å². The standard InChI is InChI=1S/C12H14ClNO/c13-9-5-8-3-4-15-12(8)10(6-9)11(14)7-1-2-7/h5-7,11H,1-4,14H2. The maximum absolute atomic E-state index is 6.20. The first-order valence-corrected chi connectivity index (χ1v) is 5.84. The van der Waals surface area contributed by atoms with Crippen molar-refractivity contribution in [3.05, 3.63) is 28.3 Å². The van der Waals surface area contributed by atoms with E-state index < -0.39 is 0 Å². The Morgan fingerprint density at radius 1 is 1.40 bits per heavy atom. The van der Waals surface area contributed by atoms with Gasteiger partial charge in [0.25, 0.3) is 0 Å². The molecule has 1 aromatic carbocycles. The van der Waals surface area contributed by atoms with Gasteiger partial charge >= 0.3 is 0 Å². The van der Waals surface area contributed by atoms with Crippen LogP contribution in [0.25, 0.3) is 0 Å². The van der Waals surface area contributed by atoms with E-state index in [4.69, 9.17) is 22.1 Å². The zero-order valence-electron chi connectivity index (χ0n) is 8.50. The van der Waals surface area contributed by atoms with E-state index in [0.717, 1.165) is 29.4 Å². The molecule has 1 aliphatic carbocycles. The first-order valence-electron chi connectivity index (χ1n) is 5.46. The van der Waals surface area contributed by atoms with Crippen LogP contribution in [0.2, 0.25) is 5.02 Å². The average molecular weight is 224 g/mol. The van der Waals surface area contributed by atoms with Gasteiger partial charge in [-0.05, 0) is 36.5 Å². The quantitative estimate of drug-likeness (QED) is 0.837. The van der Waals surface area contributed by atoms with Gasteiger partial charge in [0.15, 0.2) is 0 Å². The SMILES string of the molecule is NC(c1cc(Cl)cc2c1OCC2)C1CC1. The highest BCUT2D eigenvalue weighted by Gasteiger charge is 2.33. The van der Waals surface area contributed by atoms with Gasteiger partial charge in [-0.2, -0.15) is 0 Å². The predicted molar refractivity (Wildman–Crippen MR) is 60.3 cm³/mol. The fourth-order valence-electron chi connectivity index (χ4n) is 2.25. The Bertz CT molecular complexity index is 401. The molecular formula is C12H14ClNO. The number of nitrogens with two attached hydrogens (primary N) is 1. The van der Waals surface area contributed by atoms with Crippen LogP contribution in [0.15, 0.2) is 12.1 Å². The molecule has 1 unspecified atom stereocenters. The number of rotatable bonds is 2. The minimum Gasteiger partial charge on any atom is -0.493 e. The average Bonchev–Trinajstić information content (AvgIpc) is 2.96. The molecule has 1 saturated carbocycles. The van der Waals surface area contributed by atoms with Gasteiger partial charge in [-0.3, -0.25) is 0 Å². The molecule has 3 rings (SSSR count). The summed E-state index contributed by atoms with van der Waals surface area (Å²) in [4.78, 5) is 0. The summed E-state index contributed by atoms with van der Waals surface area (Å²) in [5.74, 6) is 1.63. The highest BCUT2D eigenvalue weighted by molar-refractivity contribution is 6.30. The van der Waals surface area contributed by atoms with Gasteiger partial charge in [0, 0.05) is 23.0 Å².